The Morgan fingerprint density at radius 3 is 2.74 bits per heavy atom. The van der Waals surface area contributed by atoms with E-state index in [2.05, 4.69) is 0 Å². The molecule has 0 bridgehead atoms. The summed E-state index contributed by atoms with van der Waals surface area (Å²) in [6.07, 6.45) is 1.28. The number of aliphatic carboxylic acids is 1. The van der Waals surface area contributed by atoms with Gasteiger partial charge in [0.05, 0.1) is 12.1 Å². The summed E-state index contributed by atoms with van der Waals surface area (Å²) in [5.41, 5.74) is 0.815. The van der Waals surface area contributed by atoms with Crippen molar-refractivity contribution in [2.45, 2.75) is 32.3 Å². The third-order valence-electron chi connectivity index (χ3n) is 2.73. The Morgan fingerprint density at radius 1 is 1.47 bits per heavy atom. The average Bonchev–Trinajstić information content (AvgIpc) is 2.38. The lowest BCUT2D eigenvalue weighted by Gasteiger charge is -2.14. The maximum Gasteiger partial charge on any atom is 0.333 e. The van der Waals surface area contributed by atoms with Gasteiger partial charge >= 0.3 is 5.97 Å². The first-order valence-corrected chi connectivity index (χ1v) is 6.63. The molecule has 106 valence electrons. The number of hydrogen-bond donors (Lipinski definition) is 1. The first-order valence-electron chi connectivity index (χ1n) is 6.25. The largest absolute Gasteiger partial charge is 0.495 e. The predicted molar refractivity (Wildman–Crippen MR) is 74.0 cm³/mol. The zero-order valence-electron chi connectivity index (χ0n) is 11.2. The number of methoxy groups -OCH3 is 1. The van der Waals surface area contributed by atoms with Crippen LogP contribution < -0.4 is 4.74 Å². The molecule has 0 spiro atoms. The molecule has 0 radical (unpaired) electrons. The highest BCUT2D eigenvalue weighted by Crippen LogP contribution is 2.25. The Morgan fingerprint density at radius 2 is 2.21 bits per heavy atom. The molecule has 5 heteroatoms. The minimum atomic E-state index is -0.956. The van der Waals surface area contributed by atoms with Gasteiger partial charge in [0, 0.05) is 13.0 Å². The van der Waals surface area contributed by atoms with E-state index in [0.29, 0.717) is 23.8 Å². The second-order valence-electron chi connectivity index (χ2n) is 4.22. The summed E-state index contributed by atoms with van der Waals surface area (Å²) in [7, 11) is 1.54. The van der Waals surface area contributed by atoms with Crippen molar-refractivity contribution in [3.05, 3.63) is 28.8 Å². The van der Waals surface area contributed by atoms with Crippen molar-refractivity contribution in [1.82, 2.24) is 0 Å². The van der Waals surface area contributed by atoms with Gasteiger partial charge in [0.2, 0.25) is 0 Å². The van der Waals surface area contributed by atoms with Crippen molar-refractivity contribution in [3.63, 3.8) is 0 Å². The number of halogens is 1. The zero-order valence-corrected chi connectivity index (χ0v) is 11.9. The SMILES string of the molecule is CCCCOC(Cc1ccc(OC)c(Cl)c1)C(=O)O. The number of carbonyl (C=O) groups is 1. The summed E-state index contributed by atoms with van der Waals surface area (Å²) in [6, 6.07) is 5.23. The molecule has 0 aliphatic heterocycles. The third kappa shape index (κ3) is 5.09. The quantitative estimate of drug-likeness (QED) is 0.746. The van der Waals surface area contributed by atoms with E-state index in [9.17, 15) is 4.79 Å². The van der Waals surface area contributed by atoms with Crippen LogP contribution in [0.15, 0.2) is 18.2 Å². The van der Waals surface area contributed by atoms with Crippen LogP contribution in [0, 0.1) is 0 Å². The van der Waals surface area contributed by atoms with Crippen LogP contribution in [0.3, 0.4) is 0 Å². The molecule has 0 saturated heterocycles. The number of benzene rings is 1. The average molecular weight is 287 g/mol. The van der Waals surface area contributed by atoms with E-state index in [1.54, 1.807) is 18.2 Å². The fourth-order valence-corrected chi connectivity index (χ4v) is 1.92. The molecule has 1 N–H and O–H groups in total. The fraction of sp³-hybridized carbons (Fsp3) is 0.500. The Kier molecular flexibility index (Phi) is 6.67. The Bertz CT molecular complexity index is 420. The standard InChI is InChI=1S/C14H19ClO4/c1-3-4-7-19-13(14(16)17)9-10-5-6-12(18-2)11(15)8-10/h5-6,8,13H,3-4,7,9H2,1-2H3,(H,16,17). The Balaban J connectivity index is 2.68. The molecule has 1 aromatic carbocycles. The number of ether oxygens (including phenoxy) is 2. The number of unbranched alkanes of at least 4 members (excludes halogenated alkanes) is 1. The van der Waals surface area contributed by atoms with Crippen LogP contribution in [-0.2, 0) is 16.0 Å². The molecule has 4 nitrogen and oxygen atoms in total. The summed E-state index contributed by atoms with van der Waals surface area (Å²) >= 11 is 6.01. The molecule has 0 aromatic heterocycles. The first kappa shape index (κ1) is 15.8. The van der Waals surface area contributed by atoms with Crippen LogP contribution in [0.4, 0.5) is 0 Å². The first-order chi connectivity index (χ1) is 9.08. The van der Waals surface area contributed by atoms with E-state index in [1.807, 2.05) is 6.92 Å². The highest BCUT2D eigenvalue weighted by Gasteiger charge is 2.19. The lowest BCUT2D eigenvalue weighted by Crippen LogP contribution is -2.26. The maximum atomic E-state index is 11.1. The van der Waals surface area contributed by atoms with Crippen LogP contribution in [0.1, 0.15) is 25.3 Å². The molecule has 19 heavy (non-hydrogen) atoms. The summed E-state index contributed by atoms with van der Waals surface area (Å²) in [6.45, 7) is 2.49. The molecule has 1 atom stereocenters. The molecule has 0 aliphatic rings. The fourth-order valence-electron chi connectivity index (χ4n) is 1.64. The molecule has 1 rings (SSSR count). The van der Waals surface area contributed by atoms with Crippen molar-refractivity contribution >= 4 is 17.6 Å². The molecule has 0 fully saturated rings. The lowest BCUT2D eigenvalue weighted by molar-refractivity contribution is -0.150. The van der Waals surface area contributed by atoms with E-state index in [0.717, 1.165) is 18.4 Å². The highest BCUT2D eigenvalue weighted by atomic mass is 35.5. The predicted octanol–water partition coefficient (Wildman–Crippen LogP) is 3.16. The molecule has 0 aliphatic carbocycles. The van der Waals surface area contributed by atoms with Crippen molar-refractivity contribution in [1.29, 1.82) is 0 Å². The van der Waals surface area contributed by atoms with Gasteiger partial charge in [0.1, 0.15) is 5.75 Å². The van der Waals surface area contributed by atoms with Gasteiger partial charge in [-0.05, 0) is 24.1 Å². The van der Waals surface area contributed by atoms with E-state index < -0.39 is 12.1 Å². The molecular weight excluding hydrogens is 268 g/mol. The second kappa shape index (κ2) is 8.02. The number of hydrogen-bond acceptors (Lipinski definition) is 3. The maximum absolute atomic E-state index is 11.1. The van der Waals surface area contributed by atoms with Crippen LogP contribution in [-0.4, -0.2) is 30.9 Å². The highest BCUT2D eigenvalue weighted by molar-refractivity contribution is 6.32. The van der Waals surface area contributed by atoms with Crippen molar-refractivity contribution in [2.75, 3.05) is 13.7 Å². The molecule has 1 aromatic rings. The van der Waals surface area contributed by atoms with Gasteiger partial charge in [0.25, 0.3) is 0 Å². The number of carboxylic acid groups (broad SMARTS) is 1. The normalized spacial score (nSPS) is 12.2. The Hall–Kier alpha value is -1.26. The summed E-state index contributed by atoms with van der Waals surface area (Å²) < 4.78 is 10.4. The van der Waals surface area contributed by atoms with Gasteiger partial charge in [-0.3, -0.25) is 0 Å². The molecule has 0 heterocycles. The van der Waals surface area contributed by atoms with Gasteiger partial charge in [0.15, 0.2) is 6.10 Å². The van der Waals surface area contributed by atoms with Crippen LogP contribution in [0.5, 0.6) is 5.75 Å². The minimum absolute atomic E-state index is 0.294. The van der Waals surface area contributed by atoms with E-state index in [4.69, 9.17) is 26.2 Å². The zero-order chi connectivity index (χ0) is 14.3. The van der Waals surface area contributed by atoms with Gasteiger partial charge in [-0.25, -0.2) is 4.79 Å². The summed E-state index contributed by atoms with van der Waals surface area (Å²) in [4.78, 5) is 11.1. The van der Waals surface area contributed by atoms with E-state index >= 15 is 0 Å². The summed E-state index contributed by atoms with van der Waals surface area (Å²) in [5, 5.41) is 9.59. The van der Waals surface area contributed by atoms with Crippen LogP contribution >= 0.6 is 11.6 Å². The van der Waals surface area contributed by atoms with Crippen LogP contribution in [0.25, 0.3) is 0 Å². The van der Waals surface area contributed by atoms with Crippen molar-refractivity contribution < 1.29 is 19.4 Å². The van der Waals surface area contributed by atoms with E-state index in [1.165, 1.54) is 7.11 Å². The van der Waals surface area contributed by atoms with Crippen LogP contribution in [0.2, 0.25) is 5.02 Å². The van der Waals surface area contributed by atoms with Crippen molar-refractivity contribution in [2.24, 2.45) is 0 Å². The van der Waals surface area contributed by atoms with Gasteiger partial charge in [-0.15, -0.1) is 0 Å². The topological polar surface area (TPSA) is 55.8 Å². The molecule has 1 unspecified atom stereocenters. The monoisotopic (exact) mass is 286 g/mol. The lowest BCUT2D eigenvalue weighted by atomic mass is 10.1. The van der Waals surface area contributed by atoms with Gasteiger partial charge in [-0.2, -0.15) is 0 Å². The summed E-state index contributed by atoms with van der Waals surface area (Å²) in [5.74, 6) is -0.382. The second-order valence-corrected chi connectivity index (χ2v) is 4.63. The smallest absolute Gasteiger partial charge is 0.333 e. The van der Waals surface area contributed by atoms with Gasteiger partial charge < -0.3 is 14.6 Å². The number of rotatable bonds is 8. The third-order valence-corrected chi connectivity index (χ3v) is 3.03. The Labute approximate surface area is 118 Å². The van der Waals surface area contributed by atoms with E-state index in [-0.39, 0.29) is 0 Å². The molecule has 0 amide bonds. The van der Waals surface area contributed by atoms with Gasteiger partial charge in [-0.1, -0.05) is 31.0 Å². The number of carboxylic acids is 1. The van der Waals surface area contributed by atoms with Crippen molar-refractivity contribution in [3.8, 4) is 5.75 Å². The minimum Gasteiger partial charge on any atom is -0.495 e. The molecular formula is C14H19ClO4. The molecule has 0 saturated carbocycles.